The van der Waals surface area contributed by atoms with Crippen molar-refractivity contribution in [3.05, 3.63) is 41.7 Å². The number of benzene rings is 1. The first-order chi connectivity index (χ1) is 12.8. The molecule has 3 heterocycles. The van der Waals surface area contributed by atoms with Crippen molar-refractivity contribution < 1.29 is 18.7 Å². The average Bonchev–Trinajstić information content (AvgIpc) is 3.34. The lowest BCUT2D eigenvalue weighted by molar-refractivity contribution is -0.134. The molecule has 0 aliphatic carbocycles. The largest absolute Gasteiger partial charge is 0.460 e. The normalized spacial score (nSPS) is 21.9. The summed E-state index contributed by atoms with van der Waals surface area (Å²) in [6.07, 6.45) is 6.26. The monoisotopic (exact) mass is 355 g/mol. The summed E-state index contributed by atoms with van der Waals surface area (Å²) < 4.78 is 17.2. The lowest BCUT2D eigenvalue weighted by atomic mass is 9.97. The summed E-state index contributed by atoms with van der Waals surface area (Å²) >= 11 is 0. The number of amides is 1. The second kappa shape index (κ2) is 7.64. The van der Waals surface area contributed by atoms with Gasteiger partial charge < -0.3 is 18.8 Å². The molecule has 0 N–H and O–H groups in total. The van der Waals surface area contributed by atoms with E-state index < -0.39 is 0 Å². The van der Waals surface area contributed by atoms with Crippen molar-refractivity contribution in [3.8, 4) is 0 Å². The molecule has 0 spiro atoms. The highest BCUT2D eigenvalue weighted by molar-refractivity contribution is 5.96. The number of aryl methyl sites for hydroxylation is 1. The Balaban J connectivity index is 1.49. The van der Waals surface area contributed by atoms with Crippen LogP contribution in [0.2, 0.25) is 0 Å². The Morgan fingerprint density at radius 1 is 1.27 bits per heavy atom. The van der Waals surface area contributed by atoms with Crippen molar-refractivity contribution in [1.29, 1.82) is 0 Å². The van der Waals surface area contributed by atoms with Crippen molar-refractivity contribution in [3.63, 3.8) is 0 Å². The zero-order valence-corrected chi connectivity index (χ0v) is 15.1. The molecule has 1 amide bonds. The van der Waals surface area contributed by atoms with Gasteiger partial charge in [0, 0.05) is 42.5 Å². The molecule has 0 unspecified atom stereocenters. The van der Waals surface area contributed by atoms with Gasteiger partial charge in [-0.05, 0) is 25.0 Å². The second-order valence-corrected chi connectivity index (χ2v) is 6.92. The van der Waals surface area contributed by atoms with Crippen LogP contribution in [0.15, 0.2) is 34.8 Å². The number of rotatable bonds is 4. The smallest absolute Gasteiger partial charge is 0.246 e. The highest BCUT2D eigenvalue weighted by Crippen LogP contribution is 2.28. The van der Waals surface area contributed by atoms with Crippen LogP contribution in [-0.4, -0.2) is 43.4 Å². The molecule has 2 aliphatic heterocycles. The maximum Gasteiger partial charge on any atom is 0.246 e. The van der Waals surface area contributed by atoms with Gasteiger partial charge in [-0.2, -0.15) is 0 Å². The molecule has 2 fully saturated rings. The second-order valence-electron chi connectivity index (χ2n) is 6.92. The van der Waals surface area contributed by atoms with Crippen LogP contribution in [0.25, 0.3) is 17.0 Å². The fourth-order valence-corrected chi connectivity index (χ4v) is 3.90. The number of hydrogen-bond donors (Lipinski definition) is 0. The molecule has 0 saturated carbocycles. The van der Waals surface area contributed by atoms with Crippen LogP contribution in [0.5, 0.6) is 0 Å². The molecule has 26 heavy (non-hydrogen) atoms. The highest BCUT2D eigenvalue weighted by Gasteiger charge is 2.32. The van der Waals surface area contributed by atoms with Crippen molar-refractivity contribution >= 4 is 23.0 Å². The molecule has 5 heteroatoms. The molecule has 1 aromatic carbocycles. The SMILES string of the molecule is CCc1oc2ccccc2c1/C=C/C(=O)N1CCC[C@H](C2OCCO2)C1. The van der Waals surface area contributed by atoms with Crippen LogP contribution in [0.3, 0.4) is 0 Å². The number of fused-ring (bicyclic) bond motifs is 1. The number of piperidine rings is 1. The lowest BCUT2D eigenvalue weighted by Crippen LogP contribution is -2.43. The third-order valence-corrected chi connectivity index (χ3v) is 5.23. The van der Waals surface area contributed by atoms with Gasteiger partial charge in [0.15, 0.2) is 6.29 Å². The number of likely N-dealkylation sites (tertiary alicyclic amines) is 1. The lowest BCUT2D eigenvalue weighted by Gasteiger charge is -2.34. The van der Waals surface area contributed by atoms with Crippen molar-refractivity contribution in [2.24, 2.45) is 5.92 Å². The summed E-state index contributed by atoms with van der Waals surface area (Å²) in [5, 5.41) is 1.05. The van der Waals surface area contributed by atoms with Crippen molar-refractivity contribution in [2.45, 2.75) is 32.5 Å². The highest BCUT2D eigenvalue weighted by atomic mass is 16.7. The van der Waals surface area contributed by atoms with E-state index in [-0.39, 0.29) is 18.1 Å². The predicted octanol–water partition coefficient (Wildman–Crippen LogP) is 3.62. The number of carbonyl (C=O) groups is 1. The Morgan fingerprint density at radius 2 is 2.08 bits per heavy atom. The zero-order chi connectivity index (χ0) is 17.9. The van der Waals surface area contributed by atoms with Crippen LogP contribution in [-0.2, 0) is 20.7 Å². The Hall–Kier alpha value is -2.11. The van der Waals surface area contributed by atoms with Crippen LogP contribution >= 0.6 is 0 Å². The first kappa shape index (κ1) is 17.3. The van der Waals surface area contributed by atoms with Gasteiger partial charge in [-0.15, -0.1) is 0 Å². The fraction of sp³-hybridized carbons (Fsp3) is 0.476. The molecule has 2 saturated heterocycles. The summed E-state index contributed by atoms with van der Waals surface area (Å²) in [7, 11) is 0. The zero-order valence-electron chi connectivity index (χ0n) is 15.1. The van der Waals surface area contributed by atoms with Gasteiger partial charge in [0.2, 0.25) is 5.91 Å². The molecule has 0 bridgehead atoms. The Kier molecular flexibility index (Phi) is 5.09. The van der Waals surface area contributed by atoms with E-state index in [1.165, 1.54) is 0 Å². The molecule has 2 aromatic rings. The van der Waals surface area contributed by atoms with Crippen molar-refractivity contribution in [1.82, 2.24) is 4.90 Å². The first-order valence-corrected chi connectivity index (χ1v) is 9.47. The van der Waals surface area contributed by atoms with E-state index in [0.717, 1.165) is 48.1 Å². The van der Waals surface area contributed by atoms with Crippen LogP contribution in [0.1, 0.15) is 31.1 Å². The first-order valence-electron chi connectivity index (χ1n) is 9.47. The van der Waals surface area contributed by atoms with E-state index in [9.17, 15) is 4.79 Å². The van der Waals surface area contributed by atoms with Gasteiger partial charge in [-0.3, -0.25) is 4.79 Å². The van der Waals surface area contributed by atoms with E-state index in [1.54, 1.807) is 6.08 Å². The molecule has 138 valence electrons. The minimum atomic E-state index is -0.154. The minimum Gasteiger partial charge on any atom is -0.460 e. The van der Waals surface area contributed by atoms with Gasteiger partial charge in [0.25, 0.3) is 0 Å². The van der Waals surface area contributed by atoms with Gasteiger partial charge in [0.05, 0.1) is 13.2 Å². The number of furan rings is 1. The average molecular weight is 355 g/mol. The summed E-state index contributed by atoms with van der Waals surface area (Å²) in [5.74, 6) is 1.23. The van der Waals surface area contributed by atoms with E-state index in [4.69, 9.17) is 13.9 Å². The third-order valence-electron chi connectivity index (χ3n) is 5.23. The molecule has 1 atom stereocenters. The quantitative estimate of drug-likeness (QED) is 0.786. The molecule has 2 aliphatic rings. The molecular formula is C21H25NO4. The third kappa shape index (κ3) is 3.41. The Bertz CT molecular complexity index is 803. The molecule has 5 nitrogen and oxygen atoms in total. The Morgan fingerprint density at radius 3 is 2.88 bits per heavy atom. The van der Waals surface area contributed by atoms with Crippen LogP contribution in [0, 0.1) is 5.92 Å². The summed E-state index contributed by atoms with van der Waals surface area (Å²) in [4.78, 5) is 14.6. The molecule has 1 aromatic heterocycles. The topological polar surface area (TPSA) is 51.9 Å². The van der Waals surface area contributed by atoms with E-state index >= 15 is 0 Å². The minimum absolute atomic E-state index is 0.0417. The number of nitrogens with zero attached hydrogens (tertiary/aromatic N) is 1. The van der Waals surface area contributed by atoms with Gasteiger partial charge in [-0.25, -0.2) is 0 Å². The summed E-state index contributed by atoms with van der Waals surface area (Å²) in [6, 6.07) is 7.95. The van der Waals surface area contributed by atoms with Crippen molar-refractivity contribution in [2.75, 3.05) is 26.3 Å². The fourth-order valence-electron chi connectivity index (χ4n) is 3.90. The van der Waals surface area contributed by atoms with E-state index in [2.05, 4.69) is 6.92 Å². The maximum atomic E-state index is 12.7. The summed E-state index contributed by atoms with van der Waals surface area (Å²) in [5.41, 5.74) is 1.87. The van der Waals surface area contributed by atoms with E-state index in [1.807, 2.05) is 35.2 Å². The molecular weight excluding hydrogens is 330 g/mol. The molecule has 0 radical (unpaired) electrons. The number of ether oxygens (including phenoxy) is 2. The van der Waals surface area contributed by atoms with Gasteiger partial charge in [0.1, 0.15) is 11.3 Å². The predicted molar refractivity (Wildman–Crippen MR) is 99.6 cm³/mol. The number of para-hydroxylation sites is 1. The standard InChI is InChI=1S/C21H25NO4/c1-2-18-17(16-7-3-4-8-19(16)26-18)9-10-20(23)22-11-5-6-15(14-22)21-24-12-13-25-21/h3-4,7-10,15,21H,2,5-6,11-14H2,1H3/b10-9+/t15-/m0/s1. The van der Waals surface area contributed by atoms with E-state index in [0.29, 0.717) is 19.8 Å². The number of hydrogen-bond acceptors (Lipinski definition) is 4. The Labute approximate surface area is 153 Å². The summed E-state index contributed by atoms with van der Waals surface area (Å²) in [6.45, 7) is 4.86. The van der Waals surface area contributed by atoms with Gasteiger partial charge >= 0.3 is 0 Å². The molecule has 4 rings (SSSR count). The maximum absolute atomic E-state index is 12.7. The van der Waals surface area contributed by atoms with Crippen LogP contribution < -0.4 is 0 Å². The number of carbonyl (C=O) groups excluding carboxylic acids is 1. The van der Waals surface area contributed by atoms with Gasteiger partial charge in [-0.1, -0.05) is 25.1 Å². The van der Waals surface area contributed by atoms with Crippen LogP contribution in [0.4, 0.5) is 0 Å².